The van der Waals surface area contributed by atoms with Crippen LogP contribution >= 0.6 is 11.8 Å². The quantitative estimate of drug-likeness (QED) is 0.821. The van der Waals surface area contributed by atoms with Crippen molar-refractivity contribution >= 4 is 23.8 Å². The highest BCUT2D eigenvalue weighted by Crippen LogP contribution is 2.47. The van der Waals surface area contributed by atoms with Crippen molar-refractivity contribution in [3.8, 4) is 0 Å². The molecule has 3 fully saturated rings. The number of carbonyl (C=O) groups is 2. The summed E-state index contributed by atoms with van der Waals surface area (Å²) in [6.45, 7) is 0.709. The van der Waals surface area contributed by atoms with E-state index in [2.05, 4.69) is 11.6 Å². The van der Waals surface area contributed by atoms with E-state index in [1.165, 1.54) is 12.8 Å². The molecule has 2 amide bonds. The minimum absolute atomic E-state index is 0.0587. The van der Waals surface area contributed by atoms with Gasteiger partial charge in [-0.3, -0.25) is 4.79 Å². The molecule has 2 aliphatic heterocycles. The second kappa shape index (κ2) is 4.58. The summed E-state index contributed by atoms with van der Waals surface area (Å²) < 4.78 is 0.251. The Morgan fingerprint density at radius 3 is 2.68 bits per heavy atom. The molecule has 1 aliphatic carbocycles. The van der Waals surface area contributed by atoms with Crippen molar-refractivity contribution in [3.63, 3.8) is 0 Å². The number of rotatable bonds is 4. The van der Waals surface area contributed by atoms with Gasteiger partial charge >= 0.3 is 12.0 Å². The topological polar surface area (TPSA) is 69.6 Å². The maximum Gasteiger partial charge on any atom is 0.317 e. The van der Waals surface area contributed by atoms with Crippen LogP contribution in [0.4, 0.5) is 4.79 Å². The van der Waals surface area contributed by atoms with Crippen molar-refractivity contribution in [2.75, 3.05) is 12.8 Å². The van der Waals surface area contributed by atoms with E-state index < -0.39 is 5.97 Å². The normalized spacial score (nSPS) is 34.4. The molecule has 3 rings (SSSR count). The molecular weight excluding hydrogens is 264 g/mol. The maximum atomic E-state index is 12.3. The number of thioether (sulfide) groups is 1. The lowest BCUT2D eigenvalue weighted by Crippen LogP contribution is -2.46. The molecular formula is C13H20N2O3S. The molecule has 0 spiro atoms. The predicted molar refractivity (Wildman–Crippen MR) is 73.3 cm³/mol. The molecule has 5 nitrogen and oxygen atoms in total. The summed E-state index contributed by atoms with van der Waals surface area (Å²) in [7, 11) is 0. The van der Waals surface area contributed by atoms with Crippen molar-refractivity contribution in [2.45, 2.75) is 48.9 Å². The zero-order valence-electron chi connectivity index (χ0n) is 11.1. The molecule has 6 heteroatoms. The van der Waals surface area contributed by atoms with Crippen LogP contribution in [0.3, 0.4) is 0 Å². The zero-order valence-corrected chi connectivity index (χ0v) is 11.9. The third-order valence-electron chi connectivity index (χ3n) is 4.89. The highest BCUT2D eigenvalue weighted by Gasteiger charge is 2.52. The number of hydrogen-bond acceptors (Lipinski definition) is 3. The van der Waals surface area contributed by atoms with Gasteiger partial charge in [0.1, 0.15) is 0 Å². The predicted octanol–water partition coefficient (Wildman–Crippen LogP) is 1.53. The summed E-state index contributed by atoms with van der Waals surface area (Å²) in [4.78, 5) is 25.2. The maximum absolute atomic E-state index is 12.3. The Morgan fingerprint density at radius 1 is 1.42 bits per heavy atom. The highest BCUT2D eigenvalue weighted by atomic mass is 32.2. The molecule has 0 aromatic rings. The Labute approximate surface area is 117 Å². The minimum atomic E-state index is -0.757. The van der Waals surface area contributed by atoms with Crippen LogP contribution in [-0.2, 0) is 4.79 Å². The summed E-state index contributed by atoms with van der Waals surface area (Å²) in [6.07, 6.45) is 6.83. The number of nitrogens with one attached hydrogen (secondary N) is 1. The molecule has 3 unspecified atom stereocenters. The van der Waals surface area contributed by atoms with E-state index in [1.54, 1.807) is 4.90 Å². The first-order chi connectivity index (χ1) is 9.06. The Morgan fingerprint density at radius 2 is 2.16 bits per heavy atom. The molecule has 2 N–H and O–H groups in total. The van der Waals surface area contributed by atoms with Gasteiger partial charge < -0.3 is 15.3 Å². The highest BCUT2D eigenvalue weighted by molar-refractivity contribution is 8.00. The van der Waals surface area contributed by atoms with Gasteiger partial charge in [-0.05, 0) is 38.4 Å². The van der Waals surface area contributed by atoms with E-state index in [-0.39, 0.29) is 28.8 Å². The van der Waals surface area contributed by atoms with E-state index in [0.29, 0.717) is 13.0 Å². The van der Waals surface area contributed by atoms with Crippen LogP contribution in [0.2, 0.25) is 0 Å². The first-order valence-corrected chi connectivity index (χ1v) is 8.13. The van der Waals surface area contributed by atoms with Gasteiger partial charge in [0.05, 0.1) is 5.92 Å². The number of carbonyl (C=O) groups excluding carboxylic acids is 1. The van der Waals surface area contributed by atoms with E-state index in [4.69, 9.17) is 0 Å². The van der Waals surface area contributed by atoms with E-state index >= 15 is 0 Å². The fraction of sp³-hybridized carbons (Fsp3) is 0.846. The van der Waals surface area contributed by atoms with Crippen LogP contribution in [0, 0.1) is 5.92 Å². The number of carboxylic acid groups (broad SMARTS) is 1. The largest absolute Gasteiger partial charge is 0.481 e. The molecule has 3 aliphatic rings. The van der Waals surface area contributed by atoms with Crippen molar-refractivity contribution in [3.05, 3.63) is 0 Å². The SMILES string of the molecule is CSC1(CNC(=O)N2C3CCC2C(C(=O)O)C3)CC1. The molecule has 0 radical (unpaired) electrons. The average molecular weight is 284 g/mol. The number of urea groups is 1. The van der Waals surface area contributed by atoms with Gasteiger partial charge in [-0.15, -0.1) is 0 Å². The van der Waals surface area contributed by atoms with Crippen LogP contribution in [0.25, 0.3) is 0 Å². The van der Waals surface area contributed by atoms with Gasteiger partial charge in [-0.2, -0.15) is 11.8 Å². The Hall–Kier alpha value is -0.910. The monoisotopic (exact) mass is 284 g/mol. The van der Waals surface area contributed by atoms with Gasteiger partial charge in [-0.25, -0.2) is 4.79 Å². The molecule has 3 atom stereocenters. The molecule has 19 heavy (non-hydrogen) atoms. The molecule has 106 valence electrons. The minimum Gasteiger partial charge on any atom is -0.481 e. The van der Waals surface area contributed by atoms with Crippen molar-refractivity contribution in [2.24, 2.45) is 5.92 Å². The van der Waals surface area contributed by atoms with Gasteiger partial charge in [-0.1, -0.05) is 0 Å². The number of hydrogen-bond donors (Lipinski definition) is 2. The van der Waals surface area contributed by atoms with Crippen LogP contribution < -0.4 is 5.32 Å². The Balaban J connectivity index is 1.60. The molecule has 2 bridgehead atoms. The number of aliphatic carboxylic acids is 1. The van der Waals surface area contributed by atoms with Gasteiger partial charge in [0.25, 0.3) is 0 Å². The zero-order chi connectivity index (χ0) is 13.6. The molecule has 0 aromatic carbocycles. The van der Waals surface area contributed by atoms with Gasteiger partial charge in [0.2, 0.25) is 0 Å². The summed E-state index contributed by atoms with van der Waals surface area (Å²) in [5, 5.41) is 12.2. The smallest absolute Gasteiger partial charge is 0.317 e. The van der Waals surface area contributed by atoms with Crippen LogP contribution in [0.15, 0.2) is 0 Å². The fourth-order valence-electron chi connectivity index (χ4n) is 3.49. The van der Waals surface area contributed by atoms with Crippen molar-refractivity contribution in [1.82, 2.24) is 10.2 Å². The average Bonchev–Trinajstić information content (AvgIpc) is 2.95. The second-order valence-corrected chi connectivity index (χ2v) is 7.21. The van der Waals surface area contributed by atoms with Crippen LogP contribution in [0.1, 0.15) is 32.1 Å². The third kappa shape index (κ3) is 2.20. The first-order valence-electron chi connectivity index (χ1n) is 6.90. The lowest BCUT2D eigenvalue weighted by atomic mass is 9.89. The Kier molecular flexibility index (Phi) is 3.15. The van der Waals surface area contributed by atoms with Crippen LogP contribution in [-0.4, -0.2) is 51.6 Å². The van der Waals surface area contributed by atoms with E-state index in [1.807, 2.05) is 11.8 Å². The van der Waals surface area contributed by atoms with Gasteiger partial charge in [0.15, 0.2) is 0 Å². The number of fused-ring (bicyclic) bond motifs is 2. The van der Waals surface area contributed by atoms with Crippen LogP contribution in [0.5, 0.6) is 0 Å². The fourth-order valence-corrected chi connectivity index (χ4v) is 4.22. The van der Waals surface area contributed by atoms with E-state index in [9.17, 15) is 14.7 Å². The van der Waals surface area contributed by atoms with E-state index in [0.717, 1.165) is 12.8 Å². The molecule has 2 heterocycles. The first kappa shape index (κ1) is 13.1. The summed E-state index contributed by atoms with van der Waals surface area (Å²) in [6, 6.07) is -0.0148. The molecule has 0 aromatic heterocycles. The number of nitrogens with zero attached hydrogens (tertiary/aromatic N) is 1. The second-order valence-electron chi connectivity index (χ2n) is 5.93. The lowest BCUT2D eigenvalue weighted by Gasteiger charge is -2.24. The van der Waals surface area contributed by atoms with Crippen molar-refractivity contribution < 1.29 is 14.7 Å². The summed E-state index contributed by atoms with van der Waals surface area (Å²) in [5.41, 5.74) is 0. The van der Waals surface area contributed by atoms with Gasteiger partial charge in [0, 0.05) is 23.4 Å². The number of carboxylic acids is 1. The molecule has 2 saturated heterocycles. The summed E-state index contributed by atoms with van der Waals surface area (Å²) >= 11 is 1.82. The Bertz CT molecular complexity index is 411. The standard InChI is InChI=1S/C13H20N2O3S/c1-19-13(4-5-13)7-14-12(18)15-8-2-3-10(15)9(6-8)11(16)17/h8-10H,2-7H2,1H3,(H,14,18)(H,16,17). The summed E-state index contributed by atoms with van der Waals surface area (Å²) in [5.74, 6) is -1.12. The molecule has 1 saturated carbocycles. The number of amides is 2. The third-order valence-corrected chi connectivity index (χ3v) is 6.31. The van der Waals surface area contributed by atoms with Crippen molar-refractivity contribution in [1.29, 1.82) is 0 Å². The lowest BCUT2D eigenvalue weighted by molar-refractivity contribution is -0.142.